The topological polar surface area (TPSA) is 116 Å². The maximum Gasteiger partial charge on any atom is 0.195 e. The highest BCUT2D eigenvalue weighted by Gasteiger charge is 2.25. The van der Waals surface area contributed by atoms with Crippen LogP contribution in [0.4, 0.5) is 11.6 Å². The molecule has 3 N–H and O–H groups in total. The van der Waals surface area contributed by atoms with Crippen molar-refractivity contribution in [2.24, 2.45) is 0 Å². The highest BCUT2D eigenvalue weighted by Crippen LogP contribution is 2.27. The number of carbonyl (C=O) groups is 1. The van der Waals surface area contributed by atoms with E-state index in [2.05, 4.69) is 10.3 Å². The SMILES string of the molecule is CC(C)Nc1nc(N)c(C#N)c(C(=O)c2ccccc2)c1C#N. The molecule has 0 unspecified atom stereocenters. The lowest BCUT2D eigenvalue weighted by Gasteiger charge is -2.15. The van der Waals surface area contributed by atoms with Gasteiger partial charge < -0.3 is 11.1 Å². The average Bonchev–Trinajstić information content (AvgIpc) is 2.54. The fourth-order valence-electron chi connectivity index (χ4n) is 2.16. The van der Waals surface area contributed by atoms with Gasteiger partial charge in [0.2, 0.25) is 0 Å². The second-order valence-electron chi connectivity index (χ2n) is 5.19. The van der Waals surface area contributed by atoms with E-state index in [0.29, 0.717) is 5.56 Å². The van der Waals surface area contributed by atoms with Crippen molar-refractivity contribution in [3.8, 4) is 12.1 Å². The summed E-state index contributed by atoms with van der Waals surface area (Å²) in [6.45, 7) is 3.74. The number of pyridine rings is 1. The van der Waals surface area contributed by atoms with Crippen LogP contribution in [0.5, 0.6) is 0 Å². The van der Waals surface area contributed by atoms with Gasteiger partial charge in [0.05, 0.1) is 5.56 Å². The van der Waals surface area contributed by atoms with Crippen LogP contribution in [0.3, 0.4) is 0 Å². The number of hydrogen-bond acceptors (Lipinski definition) is 6. The van der Waals surface area contributed by atoms with Crippen LogP contribution in [-0.2, 0) is 0 Å². The molecule has 0 aliphatic heterocycles. The van der Waals surface area contributed by atoms with E-state index in [9.17, 15) is 15.3 Å². The maximum atomic E-state index is 12.8. The molecule has 6 heteroatoms. The molecule has 6 nitrogen and oxygen atoms in total. The molecule has 0 aliphatic rings. The number of carbonyl (C=O) groups excluding carboxylic acids is 1. The molecule has 0 saturated heterocycles. The first-order valence-corrected chi connectivity index (χ1v) is 6.99. The van der Waals surface area contributed by atoms with Gasteiger partial charge in [-0.25, -0.2) is 4.98 Å². The Bertz CT molecular complexity index is 829. The van der Waals surface area contributed by atoms with E-state index in [1.165, 1.54) is 0 Å². The summed E-state index contributed by atoms with van der Waals surface area (Å²) in [4.78, 5) is 16.8. The predicted octanol–water partition coefficient (Wildman–Crippen LogP) is 2.46. The van der Waals surface area contributed by atoms with Crippen molar-refractivity contribution in [3.05, 3.63) is 52.6 Å². The van der Waals surface area contributed by atoms with Gasteiger partial charge in [-0.05, 0) is 13.8 Å². The molecule has 23 heavy (non-hydrogen) atoms. The van der Waals surface area contributed by atoms with E-state index in [0.717, 1.165) is 0 Å². The molecule has 0 fully saturated rings. The third-order valence-electron chi connectivity index (χ3n) is 3.14. The molecule has 0 amide bonds. The molecule has 0 atom stereocenters. The maximum absolute atomic E-state index is 12.8. The Morgan fingerprint density at radius 2 is 1.78 bits per heavy atom. The fourth-order valence-corrected chi connectivity index (χ4v) is 2.16. The monoisotopic (exact) mass is 305 g/mol. The van der Waals surface area contributed by atoms with Crippen LogP contribution in [0.15, 0.2) is 30.3 Å². The molecule has 2 aromatic rings. The molecule has 0 radical (unpaired) electrons. The number of nitrogens with zero attached hydrogens (tertiary/aromatic N) is 3. The van der Waals surface area contributed by atoms with Crippen LogP contribution in [-0.4, -0.2) is 16.8 Å². The lowest BCUT2D eigenvalue weighted by molar-refractivity contribution is 0.103. The summed E-state index contributed by atoms with van der Waals surface area (Å²) in [5.41, 5.74) is 6.12. The minimum absolute atomic E-state index is 0.0124. The highest BCUT2D eigenvalue weighted by atomic mass is 16.1. The van der Waals surface area contributed by atoms with Gasteiger partial charge in [-0.15, -0.1) is 0 Å². The number of nitrogens with two attached hydrogens (primary N) is 1. The lowest BCUT2D eigenvalue weighted by atomic mass is 9.95. The Balaban J connectivity index is 2.75. The van der Waals surface area contributed by atoms with Crippen molar-refractivity contribution in [1.29, 1.82) is 10.5 Å². The minimum Gasteiger partial charge on any atom is -0.383 e. The number of ketones is 1. The third-order valence-corrected chi connectivity index (χ3v) is 3.14. The molecule has 114 valence electrons. The zero-order chi connectivity index (χ0) is 17.0. The molecule has 1 aromatic carbocycles. The number of nitriles is 2. The first-order chi connectivity index (χ1) is 11.0. The second kappa shape index (κ2) is 6.59. The van der Waals surface area contributed by atoms with Gasteiger partial charge in [0.1, 0.15) is 34.9 Å². The van der Waals surface area contributed by atoms with Crippen LogP contribution >= 0.6 is 0 Å². The molecule has 0 aliphatic carbocycles. The zero-order valence-electron chi connectivity index (χ0n) is 12.8. The largest absolute Gasteiger partial charge is 0.383 e. The van der Waals surface area contributed by atoms with Crippen LogP contribution in [0.25, 0.3) is 0 Å². The molecule has 0 bridgehead atoms. The minimum atomic E-state index is -0.431. The molecular weight excluding hydrogens is 290 g/mol. The molecule has 1 aromatic heterocycles. The van der Waals surface area contributed by atoms with Crippen molar-refractivity contribution in [2.45, 2.75) is 19.9 Å². The Morgan fingerprint density at radius 1 is 1.17 bits per heavy atom. The van der Waals surface area contributed by atoms with E-state index >= 15 is 0 Å². The van der Waals surface area contributed by atoms with Crippen LogP contribution < -0.4 is 11.1 Å². The summed E-state index contributed by atoms with van der Waals surface area (Å²) in [5, 5.41) is 21.8. The van der Waals surface area contributed by atoms with Crippen molar-refractivity contribution < 1.29 is 4.79 Å². The molecule has 0 saturated carbocycles. The average molecular weight is 305 g/mol. The first kappa shape index (κ1) is 16.0. The smallest absolute Gasteiger partial charge is 0.195 e. The summed E-state index contributed by atoms with van der Waals surface area (Å²) in [5.74, 6) is -0.299. The van der Waals surface area contributed by atoms with Gasteiger partial charge in [-0.2, -0.15) is 10.5 Å². The Labute approximate surface area is 134 Å². The van der Waals surface area contributed by atoms with E-state index in [-0.39, 0.29) is 34.4 Å². The summed E-state index contributed by atoms with van der Waals surface area (Å²) in [6, 6.07) is 12.3. The van der Waals surface area contributed by atoms with Crippen LogP contribution in [0.2, 0.25) is 0 Å². The van der Waals surface area contributed by atoms with Crippen LogP contribution in [0.1, 0.15) is 40.9 Å². The zero-order valence-corrected chi connectivity index (χ0v) is 12.8. The van der Waals surface area contributed by atoms with Gasteiger partial charge in [0.25, 0.3) is 0 Å². The molecule has 0 spiro atoms. The summed E-state index contributed by atoms with van der Waals surface area (Å²) in [7, 11) is 0. The van der Waals surface area contributed by atoms with E-state index in [4.69, 9.17) is 5.73 Å². The predicted molar refractivity (Wildman–Crippen MR) is 86.7 cm³/mol. The molecular formula is C17H15N5O. The van der Waals surface area contributed by atoms with Gasteiger partial charge >= 0.3 is 0 Å². The lowest BCUT2D eigenvalue weighted by Crippen LogP contribution is -2.18. The number of benzene rings is 1. The Morgan fingerprint density at radius 3 is 2.30 bits per heavy atom. The fraction of sp³-hybridized carbons (Fsp3) is 0.176. The summed E-state index contributed by atoms with van der Waals surface area (Å²) in [6.07, 6.45) is 0. The van der Waals surface area contributed by atoms with Crippen molar-refractivity contribution in [1.82, 2.24) is 4.98 Å². The Hall–Kier alpha value is -3.38. The number of nitrogens with one attached hydrogen (secondary N) is 1. The number of nitrogen functional groups attached to an aromatic ring is 1. The normalized spacial score (nSPS) is 9.96. The first-order valence-electron chi connectivity index (χ1n) is 6.99. The van der Waals surface area contributed by atoms with Gasteiger partial charge in [-0.1, -0.05) is 30.3 Å². The van der Waals surface area contributed by atoms with Crippen molar-refractivity contribution in [2.75, 3.05) is 11.1 Å². The van der Waals surface area contributed by atoms with Crippen LogP contribution in [0, 0.1) is 22.7 Å². The number of rotatable bonds is 4. The summed E-state index contributed by atoms with van der Waals surface area (Å²) < 4.78 is 0. The highest BCUT2D eigenvalue weighted by molar-refractivity contribution is 6.13. The number of hydrogen-bond donors (Lipinski definition) is 2. The quantitative estimate of drug-likeness (QED) is 0.838. The third kappa shape index (κ3) is 3.12. The van der Waals surface area contributed by atoms with Crippen molar-refractivity contribution in [3.63, 3.8) is 0 Å². The molecule has 2 rings (SSSR count). The van der Waals surface area contributed by atoms with E-state index in [1.54, 1.807) is 30.3 Å². The number of anilines is 2. The van der Waals surface area contributed by atoms with Gasteiger partial charge in [-0.3, -0.25) is 4.79 Å². The molecule has 1 heterocycles. The van der Waals surface area contributed by atoms with Gasteiger partial charge in [0.15, 0.2) is 5.78 Å². The number of aromatic nitrogens is 1. The second-order valence-corrected chi connectivity index (χ2v) is 5.19. The summed E-state index contributed by atoms with van der Waals surface area (Å²) >= 11 is 0. The Kier molecular flexibility index (Phi) is 4.58. The van der Waals surface area contributed by atoms with Crippen molar-refractivity contribution >= 4 is 17.4 Å². The van der Waals surface area contributed by atoms with E-state index in [1.807, 2.05) is 26.0 Å². The van der Waals surface area contributed by atoms with Gasteiger partial charge in [0, 0.05) is 11.6 Å². The van der Waals surface area contributed by atoms with E-state index < -0.39 is 5.78 Å². The standard InChI is InChI=1S/C17H15N5O/c1-10(2)21-17-13(9-19)14(12(8-18)16(20)22-17)15(23)11-6-4-3-5-7-11/h3-7,10H,1-2H3,(H3,20,21,22).